The Bertz CT molecular complexity index is 412. The molecule has 0 aliphatic heterocycles. The summed E-state index contributed by atoms with van der Waals surface area (Å²) in [5, 5.41) is 7.32. The molecule has 17 heavy (non-hydrogen) atoms. The Balaban J connectivity index is 1.80. The zero-order chi connectivity index (χ0) is 12.4. The van der Waals surface area contributed by atoms with Gasteiger partial charge >= 0.3 is 0 Å². The fourth-order valence-electron chi connectivity index (χ4n) is 1.63. The van der Waals surface area contributed by atoms with Crippen molar-refractivity contribution in [3.63, 3.8) is 0 Å². The van der Waals surface area contributed by atoms with Crippen LogP contribution in [0.2, 0.25) is 0 Å². The molecule has 1 aromatic rings. The summed E-state index contributed by atoms with van der Waals surface area (Å²) in [5.41, 5.74) is 1.06. The molecule has 1 unspecified atom stereocenters. The first-order valence-corrected chi connectivity index (χ1v) is 6.84. The van der Waals surface area contributed by atoms with Crippen LogP contribution >= 0.6 is 11.3 Å². The highest BCUT2D eigenvalue weighted by molar-refractivity contribution is 7.11. The van der Waals surface area contributed by atoms with Gasteiger partial charge < -0.3 is 10.6 Å². The summed E-state index contributed by atoms with van der Waals surface area (Å²) < 4.78 is 0. The average molecular weight is 253 g/mol. The maximum absolute atomic E-state index is 11.7. The van der Waals surface area contributed by atoms with Crippen LogP contribution in [0.5, 0.6) is 0 Å². The molecule has 2 N–H and O–H groups in total. The number of aromatic nitrogens is 1. The predicted octanol–water partition coefficient (Wildman–Crippen LogP) is 1.52. The van der Waals surface area contributed by atoms with Crippen LogP contribution in [0.4, 0.5) is 0 Å². The number of carbonyl (C=O) groups excluding carboxylic acids is 1. The first-order chi connectivity index (χ1) is 8.06. The topological polar surface area (TPSA) is 54.0 Å². The SMILES string of the molecule is Cc1nc(C)c(CNC(C)C(=O)NC2CC2)s1. The number of nitrogens with one attached hydrogen (secondary N) is 2. The molecule has 1 amide bonds. The Morgan fingerprint density at radius 2 is 2.24 bits per heavy atom. The predicted molar refractivity (Wildman–Crippen MR) is 69.1 cm³/mol. The summed E-state index contributed by atoms with van der Waals surface area (Å²) in [7, 11) is 0. The highest BCUT2D eigenvalue weighted by Gasteiger charge is 2.25. The number of thiazole rings is 1. The third kappa shape index (κ3) is 3.51. The molecule has 2 rings (SSSR count). The standard InChI is InChI=1S/C12H19N3OS/c1-7-11(17-9(3)14-7)6-13-8(2)12(16)15-10-4-5-10/h8,10,13H,4-6H2,1-3H3,(H,15,16). The number of aryl methyl sites for hydroxylation is 2. The normalized spacial score (nSPS) is 16.9. The molecule has 94 valence electrons. The van der Waals surface area contributed by atoms with Crippen LogP contribution in [0, 0.1) is 13.8 Å². The summed E-state index contributed by atoms with van der Waals surface area (Å²) in [4.78, 5) is 17.3. The second-order valence-corrected chi connectivity index (χ2v) is 5.91. The molecular formula is C12H19N3OS. The van der Waals surface area contributed by atoms with Gasteiger partial charge in [-0.25, -0.2) is 4.98 Å². The van der Waals surface area contributed by atoms with Gasteiger partial charge in [0.25, 0.3) is 0 Å². The minimum Gasteiger partial charge on any atom is -0.352 e. The summed E-state index contributed by atoms with van der Waals surface area (Å²) >= 11 is 1.69. The van der Waals surface area contributed by atoms with Crippen molar-refractivity contribution >= 4 is 17.2 Å². The zero-order valence-electron chi connectivity index (χ0n) is 10.5. The maximum Gasteiger partial charge on any atom is 0.237 e. The second kappa shape index (κ2) is 5.14. The molecule has 5 heteroatoms. The smallest absolute Gasteiger partial charge is 0.237 e. The molecule has 4 nitrogen and oxygen atoms in total. The highest BCUT2D eigenvalue weighted by Crippen LogP contribution is 2.19. The van der Waals surface area contributed by atoms with Gasteiger partial charge in [-0.15, -0.1) is 11.3 Å². The van der Waals surface area contributed by atoms with Gasteiger partial charge in [0.2, 0.25) is 5.91 Å². The zero-order valence-corrected chi connectivity index (χ0v) is 11.4. The van der Waals surface area contributed by atoms with Crippen molar-refractivity contribution in [2.24, 2.45) is 0 Å². The molecule has 0 spiro atoms. The second-order valence-electron chi connectivity index (χ2n) is 4.63. The van der Waals surface area contributed by atoms with Crippen molar-refractivity contribution in [1.82, 2.24) is 15.6 Å². The molecule has 1 aliphatic carbocycles. The molecule has 0 saturated heterocycles. The van der Waals surface area contributed by atoms with Crippen molar-refractivity contribution in [2.45, 2.75) is 52.2 Å². The molecule has 1 aromatic heterocycles. The van der Waals surface area contributed by atoms with E-state index in [4.69, 9.17) is 0 Å². The van der Waals surface area contributed by atoms with E-state index in [9.17, 15) is 4.79 Å². The van der Waals surface area contributed by atoms with Crippen LogP contribution in [0.1, 0.15) is 35.3 Å². The van der Waals surface area contributed by atoms with Crippen molar-refractivity contribution in [1.29, 1.82) is 0 Å². The van der Waals surface area contributed by atoms with Gasteiger partial charge in [-0.3, -0.25) is 4.79 Å². The largest absolute Gasteiger partial charge is 0.352 e. The van der Waals surface area contributed by atoms with Crippen LogP contribution in [-0.2, 0) is 11.3 Å². The lowest BCUT2D eigenvalue weighted by Crippen LogP contribution is -2.42. The first-order valence-electron chi connectivity index (χ1n) is 6.03. The minimum atomic E-state index is -0.141. The van der Waals surface area contributed by atoms with Crippen LogP contribution < -0.4 is 10.6 Å². The average Bonchev–Trinajstić information content (AvgIpc) is 3.01. The number of nitrogens with zero attached hydrogens (tertiary/aromatic N) is 1. The quantitative estimate of drug-likeness (QED) is 0.836. The van der Waals surface area contributed by atoms with Crippen LogP contribution in [0.25, 0.3) is 0 Å². The molecule has 1 atom stereocenters. The van der Waals surface area contributed by atoms with E-state index in [1.54, 1.807) is 11.3 Å². The highest BCUT2D eigenvalue weighted by atomic mass is 32.1. The van der Waals surface area contributed by atoms with Crippen molar-refractivity contribution in [2.75, 3.05) is 0 Å². The van der Waals surface area contributed by atoms with Gasteiger partial charge in [-0.2, -0.15) is 0 Å². The summed E-state index contributed by atoms with van der Waals surface area (Å²) in [6, 6.07) is 0.288. The molecule has 1 saturated carbocycles. The van der Waals surface area contributed by atoms with E-state index in [0.717, 1.165) is 30.1 Å². The van der Waals surface area contributed by atoms with Gasteiger partial charge in [-0.1, -0.05) is 0 Å². The molecule has 0 bridgehead atoms. The molecule has 0 radical (unpaired) electrons. The third-order valence-electron chi connectivity index (χ3n) is 2.89. The molecular weight excluding hydrogens is 234 g/mol. The van der Waals surface area contributed by atoms with E-state index >= 15 is 0 Å². The van der Waals surface area contributed by atoms with Crippen molar-refractivity contribution in [3.05, 3.63) is 15.6 Å². The molecule has 1 fully saturated rings. The van der Waals surface area contributed by atoms with Crippen molar-refractivity contribution in [3.8, 4) is 0 Å². The van der Waals surface area contributed by atoms with E-state index in [1.807, 2.05) is 20.8 Å². The lowest BCUT2D eigenvalue weighted by atomic mass is 10.3. The summed E-state index contributed by atoms with van der Waals surface area (Å²) in [6.07, 6.45) is 2.26. The summed E-state index contributed by atoms with van der Waals surface area (Å²) in [5.74, 6) is 0.103. The third-order valence-corrected chi connectivity index (χ3v) is 3.96. The van der Waals surface area contributed by atoms with E-state index < -0.39 is 0 Å². The number of hydrogen-bond donors (Lipinski definition) is 2. The molecule has 1 aliphatic rings. The Morgan fingerprint density at radius 3 is 2.76 bits per heavy atom. The Morgan fingerprint density at radius 1 is 1.53 bits per heavy atom. The molecule has 0 aromatic carbocycles. The number of rotatable bonds is 5. The Hall–Kier alpha value is -0.940. The lowest BCUT2D eigenvalue weighted by molar-refractivity contribution is -0.122. The van der Waals surface area contributed by atoms with E-state index in [-0.39, 0.29) is 11.9 Å². The van der Waals surface area contributed by atoms with E-state index in [1.165, 1.54) is 4.88 Å². The Kier molecular flexibility index (Phi) is 3.79. The summed E-state index contributed by atoms with van der Waals surface area (Å²) in [6.45, 7) is 6.64. The number of hydrogen-bond acceptors (Lipinski definition) is 4. The fraction of sp³-hybridized carbons (Fsp3) is 0.667. The fourth-order valence-corrected chi connectivity index (χ4v) is 2.52. The van der Waals surface area contributed by atoms with Gasteiger partial charge in [0.15, 0.2) is 0 Å². The number of amides is 1. The van der Waals surface area contributed by atoms with Gasteiger partial charge in [0, 0.05) is 17.5 Å². The van der Waals surface area contributed by atoms with Crippen LogP contribution in [0.3, 0.4) is 0 Å². The minimum absolute atomic E-state index is 0.103. The molecule has 1 heterocycles. The lowest BCUT2D eigenvalue weighted by Gasteiger charge is -2.13. The maximum atomic E-state index is 11.7. The van der Waals surface area contributed by atoms with Gasteiger partial charge in [-0.05, 0) is 33.6 Å². The van der Waals surface area contributed by atoms with E-state index in [2.05, 4.69) is 15.6 Å². The monoisotopic (exact) mass is 253 g/mol. The first kappa shape index (κ1) is 12.5. The number of carbonyl (C=O) groups is 1. The van der Waals surface area contributed by atoms with Crippen molar-refractivity contribution < 1.29 is 4.79 Å². The Labute approximate surface area is 106 Å². The van der Waals surface area contributed by atoms with Gasteiger partial charge in [0.05, 0.1) is 16.7 Å². The van der Waals surface area contributed by atoms with E-state index in [0.29, 0.717) is 6.04 Å². The van der Waals surface area contributed by atoms with Crippen LogP contribution in [0.15, 0.2) is 0 Å². The van der Waals surface area contributed by atoms with Crippen LogP contribution in [-0.4, -0.2) is 23.0 Å². The van der Waals surface area contributed by atoms with Gasteiger partial charge in [0.1, 0.15) is 0 Å².